The first-order valence-electron chi connectivity index (χ1n) is 6.36. The van der Waals surface area contributed by atoms with Crippen LogP contribution in [0.2, 0.25) is 10.0 Å². The lowest BCUT2D eigenvalue weighted by Crippen LogP contribution is -2.42. The molecule has 0 fully saturated rings. The largest absolute Gasteiger partial charge is 0.325 e. The van der Waals surface area contributed by atoms with Gasteiger partial charge in [0.25, 0.3) is 0 Å². The Morgan fingerprint density at radius 2 is 1.81 bits per heavy atom. The van der Waals surface area contributed by atoms with Crippen LogP contribution in [0.25, 0.3) is 0 Å². The molecule has 0 aliphatic carbocycles. The van der Waals surface area contributed by atoms with Crippen LogP contribution in [0.1, 0.15) is 20.3 Å². The second kappa shape index (κ2) is 7.45. The van der Waals surface area contributed by atoms with Crippen molar-refractivity contribution in [1.82, 2.24) is 4.31 Å². The van der Waals surface area contributed by atoms with E-state index in [2.05, 4.69) is 5.32 Å². The zero-order valence-electron chi connectivity index (χ0n) is 12.1. The first-order valence-corrected chi connectivity index (χ1v) is 8.96. The summed E-state index contributed by atoms with van der Waals surface area (Å²) in [6.07, 6.45) is 1.70. The highest BCUT2D eigenvalue weighted by Crippen LogP contribution is 2.22. The summed E-state index contributed by atoms with van der Waals surface area (Å²) in [6, 6.07) is 4.37. The first kappa shape index (κ1) is 18.2. The number of anilines is 1. The molecular formula is C13H18Cl2N2O3S. The van der Waals surface area contributed by atoms with E-state index in [0.717, 1.165) is 10.6 Å². The van der Waals surface area contributed by atoms with Gasteiger partial charge in [0.1, 0.15) is 0 Å². The highest BCUT2D eigenvalue weighted by molar-refractivity contribution is 7.88. The van der Waals surface area contributed by atoms with Gasteiger partial charge in [0.15, 0.2) is 0 Å². The van der Waals surface area contributed by atoms with Crippen molar-refractivity contribution in [2.24, 2.45) is 0 Å². The van der Waals surface area contributed by atoms with Gasteiger partial charge in [-0.2, -0.15) is 4.31 Å². The Balaban J connectivity index is 2.83. The lowest BCUT2D eigenvalue weighted by atomic mass is 10.2. The summed E-state index contributed by atoms with van der Waals surface area (Å²) in [4.78, 5) is 12.0. The molecule has 1 rings (SSSR count). The number of halogens is 2. The maximum absolute atomic E-state index is 12.0. The maximum Gasteiger partial charge on any atom is 0.239 e. The maximum atomic E-state index is 12.0. The average Bonchev–Trinajstić information content (AvgIpc) is 2.32. The van der Waals surface area contributed by atoms with E-state index in [1.807, 2.05) is 6.92 Å². The van der Waals surface area contributed by atoms with Crippen molar-refractivity contribution in [3.63, 3.8) is 0 Å². The van der Waals surface area contributed by atoms with Gasteiger partial charge in [-0.25, -0.2) is 8.42 Å². The summed E-state index contributed by atoms with van der Waals surface area (Å²) < 4.78 is 24.6. The Hall–Kier alpha value is -0.820. The molecule has 1 N–H and O–H groups in total. The van der Waals surface area contributed by atoms with E-state index in [9.17, 15) is 13.2 Å². The SMILES string of the molecule is CCC(C)N(CC(=O)Nc1cc(Cl)cc(Cl)c1)S(C)(=O)=O. The fourth-order valence-corrected chi connectivity index (χ4v) is 3.45. The van der Waals surface area contributed by atoms with Gasteiger partial charge in [-0.1, -0.05) is 30.1 Å². The first-order chi connectivity index (χ1) is 9.63. The third-order valence-electron chi connectivity index (χ3n) is 2.95. The Labute approximate surface area is 135 Å². The van der Waals surface area contributed by atoms with Gasteiger partial charge in [-0.3, -0.25) is 4.79 Å². The Morgan fingerprint density at radius 3 is 2.24 bits per heavy atom. The molecule has 1 unspecified atom stereocenters. The molecule has 0 aromatic heterocycles. The molecule has 0 bridgehead atoms. The molecule has 1 aromatic carbocycles. The molecule has 1 amide bonds. The number of hydrogen-bond acceptors (Lipinski definition) is 3. The molecule has 0 heterocycles. The number of amides is 1. The van der Waals surface area contributed by atoms with Crippen molar-refractivity contribution in [1.29, 1.82) is 0 Å². The number of benzene rings is 1. The van der Waals surface area contributed by atoms with Gasteiger partial charge in [0.2, 0.25) is 15.9 Å². The minimum atomic E-state index is -3.46. The van der Waals surface area contributed by atoms with Crippen LogP contribution >= 0.6 is 23.2 Å². The molecule has 118 valence electrons. The van der Waals surface area contributed by atoms with Gasteiger partial charge >= 0.3 is 0 Å². The van der Waals surface area contributed by atoms with Crippen LogP contribution in [0.3, 0.4) is 0 Å². The third kappa shape index (κ3) is 5.82. The Morgan fingerprint density at radius 1 is 1.29 bits per heavy atom. The second-order valence-electron chi connectivity index (χ2n) is 4.77. The number of carbonyl (C=O) groups excluding carboxylic acids is 1. The molecule has 0 aliphatic heterocycles. The molecule has 5 nitrogen and oxygen atoms in total. The Bertz CT molecular complexity index is 600. The van der Waals surface area contributed by atoms with Gasteiger partial charge < -0.3 is 5.32 Å². The summed E-state index contributed by atoms with van der Waals surface area (Å²) in [5.41, 5.74) is 0.426. The molecule has 1 aromatic rings. The lowest BCUT2D eigenvalue weighted by Gasteiger charge is -2.25. The summed E-state index contributed by atoms with van der Waals surface area (Å²) in [5, 5.41) is 3.37. The van der Waals surface area contributed by atoms with E-state index in [4.69, 9.17) is 23.2 Å². The Kier molecular flexibility index (Phi) is 6.46. The number of rotatable bonds is 6. The highest BCUT2D eigenvalue weighted by atomic mass is 35.5. The molecule has 8 heteroatoms. The van der Waals surface area contributed by atoms with Crippen molar-refractivity contribution < 1.29 is 13.2 Å². The van der Waals surface area contributed by atoms with E-state index >= 15 is 0 Å². The molecule has 1 atom stereocenters. The summed E-state index contributed by atoms with van der Waals surface area (Å²) in [6.45, 7) is 3.36. The van der Waals surface area contributed by atoms with Crippen LogP contribution in [0.5, 0.6) is 0 Å². The summed E-state index contributed by atoms with van der Waals surface area (Å²) in [7, 11) is -3.46. The number of hydrogen-bond donors (Lipinski definition) is 1. The quantitative estimate of drug-likeness (QED) is 0.855. The van der Waals surface area contributed by atoms with Crippen LogP contribution in [0.4, 0.5) is 5.69 Å². The van der Waals surface area contributed by atoms with Gasteiger partial charge in [0.05, 0.1) is 12.8 Å². The van der Waals surface area contributed by atoms with E-state index in [1.54, 1.807) is 25.1 Å². The normalized spacial score (nSPS) is 13.2. The minimum Gasteiger partial charge on any atom is -0.325 e. The van der Waals surface area contributed by atoms with E-state index in [1.165, 1.54) is 0 Å². The predicted molar refractivity (Wildman–Crippen MR) is 86.4 cm³/mol. The monoisotopic (exact) mass is 352 g/mol. The standard InChI is InChI=1S/C13H18Cl2N2O3S/c1-4-9(2)17(21(3,19)20)8-13(18)16-12-6-10(14)5-11(15)7-12/h5-7,9H,4,8H2,1-3H3,(H,16,18). The molecule has 0 saturated heterocycles. The number of nitrogens with zero attached hydrogens (tertiary/aromatic N) is 1. The fourth-order valence-electron chi connectivity index (χ4n) is 1.77. The number of nitrogens with one attached hydrogen (secondary N) is 1. The van der Waals surface area contributed by atoms with Gasteiger partial charge in [0, 0.05) is 21.8 Å². The molecule has 0 radical (unpaired) electrons. The van der Waals surface area contributed by atoms with Crippen molar-refractivity contribution in [3.05, 3.63) is 28.2 Å². The van der Waals surface area contributed by atoms with Crippen molar-refractivity contribution in [2.75, 3.05) is 18.1 Å². The average molecular weight is 353 g/mol. The summed E-state index contributed by atoms with van der Waals surface area (Å²) in [5.74, 6) is -0.445. The number of sulfonamides is 1. The van der Waals surface area contributed by atoms with Gasteiger partial charge in [-0.15, -0.1) is 0 Å². The van der Waals surface area contributed by atoms with Crippen molar-refractivity contribution in [3.8, 4) is 0 Å². The topological polar surface area (TPSA) is 66.5 Å². The number of carbonyl (C=O) groups is 1. The highest BCUT2D eigenvalue weighted by Gasteiger charge is 2.24. The molecular weight excluding hydrogens is 335 g/mol. The minimum absolute atomic E-state index is 0.252. The molecule has 0 aliphatic rings. The second-order valence-corrected chi connectivity index (χ2v) is 7.58. The van der Waals surface area contributed by atoms with Gasteiger partial charge in [-0.05, 0) is 31.5 Å². The third-order valence-corrected chi connectivity index (χ3v) is 4.73. The fraction of sp³-hybridized carbons (Fsp3) is 0.462. The van der Waals surface area contributed by atoms with Crippen LogP contribution in [0, 0.1) is 0 Å². The predicted octanol–water partition coefficient (Wildman–Crippen LogP) is 2.99. The zero-order chi connectivity index (χ0) is 16.2. The van der Waals surface area contributed by atoms with Crippen LogP contribution in [-0.4, -0.2) is 37.5 Å². The molecule has 0 spiro atoms. The van der Waals surface area contributed by atoms with E-state index in [0.29, 0.717) is 22.2 Å². The molecule has 21 heavy (non-hydrogen) atoms. The van der Waals surface area contributed by atoms with Crippen LogP contribution in [0.15, 0.2) is 18.2 Å². The van der Waals surface area contributed by atoms with E-state index in [-0.39, 0.29) is 12.6 Å². The lowest BCUT2D eigenvalue weighted by molar-refractivity contribution is -0.116. The van der Waals surface area contributed by atoms with Crippen LogP contribution < -0.4 is 5.32 Å². The smallest absolute Gasteiger partial charge is 0.239 e. The zero-order valence-corrected chi connectivity index (χ0v) is 14.4. The molecule has 0 saturated carbocycles. The van der Waals surface area contributed by atoms with E-state index < -0.39 is 15.9 Å². The van der Waals surface area contributed by atoms with Crippen LogP contribution in [-0.2, 0) is 14.8 Å². The summed E-state index contributed by atoms with van der Waals surface area (Å²) >= 11 is 11.7. The van der Waals surface area contributed by atoms with Crippen molar-refractivity contribution >= 4 is 44.8 Å². The van der Waals surface area contributed by atoms with Crippen molar-refractivity contribution in [2.45, 2.75) is 26.3 Å².